The van der Waals surface area contributed by atoms with Crippen molar-refractivity contribution in [3.8, 4) is 11.1 Å². The van der Waals surface area contributed by atoms with Crippen molar-refractivity contribution in [2.75, 3.05) is 0 Å². The van der Waals surface area contributed by atoms with Gasteiger partial charge in [0.1, 0.15) is 5.15 Å². The zero-order valence-corrected chi connectivity index (χ0v) is 10.9. The first-order valence-electron chi connectivity index (χ1n) is 4.83. The van der Waals surface area contributed by atoms with Crippen molar-refractivity contribution in [2.24, 2.45) is 0 Å². The molecule has 17 heavy (non-hydrogen) atoms. The Bertz CT molecular complexity index is 537. The van der Waals surface area contributed by atoms with Crippen LogP contribution in [0.4, 0.5) is 0 Å². The number of aliphatic hydroxyl groups excluding tert-OH is 1. The summed E-state index contributed by atoms with van der Waals surface area (Å²) < 4.78 is 0. The fraction of sp³-hybridized carbons (Fsp3) is 0.0833. The number of aromatic nitrogens is 1. The normalized spacial score (nSPS) is 10.6. The van der Waals surface area contributed by atoms with E-state index in [4.69, 9.17) is 34.8 Å². The van der Waals surface area contributed by atoms with Crippen LogP contribution in [0.1, 0.15) is 5.56 Å². The summed E-state index contributed by atoms with van der Waals surface area (Å²) in [5, 5.41) is 10.7. The second kappa shape index (κ2) is 5.23. The summed E-state index contributed by atoms with van der Waals surface area (Å²) in [5.41, 5.74) is 1.98. The van der Waals surface area contributed by atoms with Gasteiger partial charge in [0.05, 0.1) is 6.61 Å². The van der Waals surface area contributed by atoms with Crippen LogP contribution in [0.25, 0.3) is 11.1 Å². The Morgan fingerprint density at radius 3 is 2.35 bits per heavy atom. The SMILES string of the molecule is OCc1cc(Cl)ncc1-c1c(Cl)cccc1Cl. The lowest BCUT2D eigenvalue weighted by Crippen LogP contribution is -1.93. The van der Waals surface area contributed by atoms with Gasteiger partial charge < -0.3 is 5.11 Å². The van der Waals surface area contributed by atoms with E-state index in [1.807, 2.05) is 0 Å². The Morgan fingerprint density at radius 1 is 1.12 bits per heavy atom. The minimum absolute atomic E-state index is 0.154. The molecule has 0 saturated heterocycles. The number of rotatable bonds is 2. The van der Waals surface area contributed by atoms with E-state index in [1.165, 1.54) is 0 Å². The molecule has 1 N–H and O–H groups in total. The van der Waals surface area contributed by atoms with Crippen LogP contribution in [-0.2, 0) is 6.61 Å². The summed E-state index contributed by atoms with van der Waals surface area (Å²) in [6.07, 6.45) is 1.56. The zero-order chi connectivity index (χ0) is 12.4. The van der Waals surface area contributed by atoms with Gasteiger partial charge in [0.2, 0.25) is 0 Å². The third kappa shape index (κ3) is 2.55. The lowest BCUT2D eigenvalue weighted by molar-refractivity contribution is 0.282. The smallest absolute Gasteiger partial charge is 0.129 e. The molecule has 0 bridgehead atoms. The molecule has 5 heteroatoms. The topological polar surface area (TPSA) is 33.1 Å². The molecular weight excluding hydrogens is 280 g/mol. The minimum atomic E-state index is -0.154. The van der Waals surface area contributed by atoms with Crippen molar-refractivity contribution in [2.45, 2.75) is 6.61 Å². The summed E-state index contributed by atoms with van der Waals surface area (Å²) in [6, 6.07) is 6.82. The molecule has 2 rings (SSSR count). The molecule has 2 nitrogen and oxygen atoms in total. The fourth-order valence-corrected chi connectivity index (χ4v) is 2.36. The van der Waals surface area contributed by atoms with Crippen molar-refractivity contribution in [1.29, 1.82) is 0 Å². The highest BCUT2D eigenvalue weighted by molar-refractivity contribution is 6.39. The highest BCUT2D eigenvalue weighted by Gasteiger charge is 2.13. The van der Waals surface area contributed by atoms with E-state index in [2.05, 4.69) is 4.98 Å². The van der Waals surface area contributed by atoms with Crippen molar-refractivity contribution < 1.29 is 5.11 Å². The minimum Gasteiger partial charge on any atom is -0.392 e. The molecule has 0 fully saturated rings. The molecule has 2 aromatic rings. The maximum atomic E-state index is 9.31. The molecule has 1 aromatic heterocycles. The van der Waals surface area contributed by atoms with Gasteiger partial charge in [-0.25, -0.2) is 4.98 Å². The summed E-state index contributed by atoms with van der Waals surface area (Å²) in [5.74, 6) is 0. The highest BCUT2D eigenvalue weighted by Crippen LogP contribution is 2.36. The van der Waals surface area contributed by atoms with Crippen molar-refractivity contribution in [3.63, 3.8) is 0 Å². The number of aliphatic hydroxyl groups is 1. The van der Waals surface area contributed by atoms with Crippen LogP contribution >= 0.6 is 34.8 Å². The summed E-state index contributed by atoms with van der Waals surface area (Å²) in [6.45, 7) is -0.154. The Balaban J connectivity index is 2.68. The molecule has 0 atom stereocenters. The van der Waals surface area contributed by atoms with Crippen LogP contribution < -0.4 is 0 Å². The van der Waals surface area contributed by atoms with Crippen LogP contribution in [0.2, 0.25) is 15.2 Å². The van der Waals surface area contributed by atoms with Crippen molar-refractivity contribution in [3.05, 3.63) is 51.2 Å². The second-order valence-electron chi connectivity index (χ2n) is 3.42. The van der Waals surface area contributed by atoms with Crippen LogP contribution in [0.3, 0.4) is 0 Å². The van der Waals surface area contributed by atoms with E-state index in [-0.39, 0.29) is 6.61 Å². The maximum absolute atomic E-state index is 9.31. The van der Waals surface area contributed by atoms with Gasteiger partial charge in [0.25, 0.3) is 0 Å². The number of hydrogen-bond donors (Lipinski definition) is 1. The van der Waals surface area contributed by atoms with Crippen LogP contribution in [-0.4, -0.2) is 10.1 Å². The van der Waals surface area contributed by atoms with Crippen molar-refractivity contribution in [1.82, 2.24) is 4.98 Å². The van der Waals surface area contributed by atoms with Gasteiger partial charge in [-0.05, 0) is 23.8 Å². The molecular formula is C12H8Cl3NO. The maximum Gasteiger partial charge on any atom is 0.129 e. The molecule has 0 radical (unpaired) electrons. The van der Waals surface area contributed by atoms with Gasteiger partial charge in [0.15, 0.2) is 0 Å². The molecule has 0 spiro atoms. The molecule has 1 aromatic carbocycles. The third-order valence-corrected chi connectivity index (χ3v) is 3.20. The molecule has 1 heterocycles. The van der Waals surface area contributed by atoms with E-state index < -0.39 is 0 Å². The monoisotopic (exact) mass is 287 g/mol. The van der Waals surface area contributed by atoms with Gasteiger partial charge in [-0.2, -0.15) is 0 Å². The van der Waals surface area contributed by atoms with E-state index in [0.717, 1.165) is 0 Å². The molecule has 0 aliphatic carbocycles. The molecule has 0 aliphatic heterocycles. The van der Waals surface area contributed by atoms with Gasteiger partial charge in [-0.1, -0.05) is 40.9 Å². The predicted molar refractivity (Wildman–Crippen MR) is 70.6 cm³/mol. The van der Waals surface area contributed by atoms with Gasteiger partial charge in [-0.15, -0.1) is 0 Å². The number of benzene rings is 1. The van der Waals surface area contributed by atoms with Crippen molar-refractivity contribution >= 4 is 34.8 Å². The molecule has 0 saturated carbocycles. The average molecular weight is 289 g/mol. The van der Waals surface area contributed by atoms with Gasteiger partial charge >= 0.3 is 0 Å². The number of halogens is 3. The third-order valence-electron chi connectivity index (χ3n) is 2.36. The molecule has 0 amide bonds. The largest absolute Gasteiger partial charge is 0.392 e. The Morgan fingerprint density at radius 2 is 1.76 bits per heavy atom. The quantitative estimate of drug-likeness (QED) is 0.840. The Labute approximate surface area is 114 Å². The Hall–Kier alpha value is -0.800. The van der Waals surface area contributed by atoms with E-state index in [9.17, 15) is 5.11 Å². The van der Waals surface area contributed by atoms with Gasteiger partial charge in [0, 0.05) is 27.4 Å². The first-order chi connectivity index (χ1) is 8.13. The average Bonchev–Trinajstić information content (AvgIpc) is 2.30. The highest BCUT2D eigenvalue weighted by atomic mass is 35.5. The standard InChI is InChI=1S/C12H8Cl3NO/c13-9-2-1-3-10(14)12(9)8-5-16-11(15)4-7(8)6-17/h1-5,17H,6H2. The first kappa shape index (κ1) is 12.7. The predicted octanol–water partition coefficient (Wildman–Crippen LogP) is 4.20. The van der Waals surface area contributed by atoms with E-state index in [0.29, 0.717) is 31.9 Å². The second-order valence-corrected chi connectivity index (χ2v) is 4.62. The van der Waals surface area contributed by atoms with Crippen LogP contribution in [0, 0.1) is 0 Å². The summed E-state index contributed by atoms with van der Waals surface area (Å²) in [4.78, 5) is 3.98. The van der Waals surface area contributed by atoms with Crippen LogP contribution in [0.15, 0.2) is 30.5 Å². The van der Waals surface area contributed by atoms with Crippen LogP contribution in [0.5, 0.6) is 0 Å². The number of nitrogens with zero attached hydrogens (tertiary/aromatic N) is 1. The lowest BCUT2D eigenvalue weighted by Gasteiger charge is -2.10. The Kier molecular flexibility index (Phi) is 3.89. The molecule has 88 valence electrons. The zero-order valence-electron chi connectivity index (χ0n) is 8.62. The first-order valence-corrected chi connectivity index (χ1v) is 5.96. The number of pyridine rings is 1. The summed E-state index contributed by atoms with van der Waals surface area (Å²) in [7, 11) is 0. The summed E-state index contributed by atoms with van der Waals surface area (Å²) >= 11 is 18.0. The van der Waals surface area contributed by atoms with Gasteiger partial charge in [-0.3, -0.25) is 0 Å². The lowest BCUT2D eigenvalue weighted by atomic mass is 10.0. The van der Waals surface area contributed by atoms with E-state index >= 15 is 0 Å². The molecule has 0 unspecified atom stereocenters. The number of hydrogen-bond acceptors (Lipinski definition) is 2. The van der Waals surface area contributed by atoms with E-state index in [1.54, 1.807) is 30.5 Å². The fourth-order valence-electron chi connectivity index (χ4n) is 1.58. The molecule has 0 aliphatic rings.